The highest BCUT2D eigenvalue weighted by atomic mass is 19.1. The predicted molar refractivity (Wildman–Crippen MR) is 55.1 cm³/mol. The molecule has 0 spiro atoms. The van der Waals surface area contributed by atoms with Gasteiger partial charge in [0.1, 0.15) is 17.1 Å². The normalized spacial score (nSPS) is 10.7. The van der Waals surface area contributed by atoms with Crippen molar-refractivity contribution in [2.24, 2.45) is 0 Å². The molecule has 1 aromatic carbocycles. The first-order chi connectivity index (χ1) is 8.41. The second-order valence-electron chi connectivity index (χ2n) is 3.58. The second kappa shape index (κ2) is 4.17. The highest BCUT2D eigenvalue weighted by Crippen LogP contribution is 2.21. The standard InChI is InChI=1S/C11H7F3N2O2/c1-5-7(11(17)18)4-15-16(5)10-8(13)2-6(12)3-9(10)14/h2-4H,1H3,(H,17,18). The van der Waals surface area contributed by atoms with Gasteiger partial charge in [-0.25, -0.2) is 22.6 Å². The average Bonchev–Trinajstić information content (AvgIpc) is 2.59. The summed E-state index contributed by atoms with van der Waals surface area (Å²) in [6, 6.07) is 1.000. The third kappa shape index (κ3) is 1.83. The van der Waals surface area contributed by atoms with Gasteiger partial charge in [0, 0.05) is 12.1 Å². The third-order valence-corrected chi connectivity index (χ3v) is 2.43. The monoisotopic (exact) mass is 256 g/mol. The molecule has 18 heavy (non-hydrogen) atoms. The Kier molecular flexibility index (Phi) is 2.82. The first-order valence-electron chi connectivity index (χ1n) is 4.84. The first-order valence-corrected chi connectivity index (χ1v) is 4.84. The van der Waals surface area contributed by atoms with Gasteiger partial charge >= 0.3 is 5.97 Å². The van der Waals surface area contributed by atoms with Crippen molar-refractivity contribution in [3.63, 3.8) is 0 Å². The minimum Gasteiger partial charge on any atom is -0.478 e. The zero-order valence-corrected chi connectivity index (χ0v) is 9.12. The summed E-state index contributed by atoms with van der Waals surface area (Å²) in [7, 11) is 0. The van der Waals surface area contributed by atoms with Crippen LogP contribution in [0.4, 0.5) is 13.2 Å². The van der Waals surface area contributed by atoms with Gasteiger partial charge in [-0.15, -0.1) is 0 Å². The Morgan fingerprint density at radius 1 is 1.28 bits per heavy atom. The fraction of sp³-hybridized carbons (Fsp3) is 0.0909. The van der Waals surface area contributed by atoms with Crippen LogP contribution in [-0.4, -0.2) is 20.9 Å². The van der Waals surface area contributed by atoms with Crippen molar-refractivity contribution in [2.45, 2.75) is 6.92 Å². The van der Waals surface area contributed by atoms with E-state index >= 15 is 0 Å². The van der Waals surface area contributed by atoms with E-state index in [1.807, 2.05) is 0 Å². The molecule has 0 aliphatic carbocycles. The van der Waals surface area contributed by atoms with Gasteiger partial charge in [0.15, 0.2) is 11.6 Å². The van der Waals surface area contributed by atoms with E-state index in [-0.39, 0.29) is 11.3 Å². The number of carbonyl (C=O) groups is 1. The molecule has 0 atom stereocenters. The van der Waals surface area contributed by atoms with Gasteiger partial charge in [-0.05, 0) is 6.92 Å². The summed E-state index contributed by atoms with van der Waals surface area (Å²) in [6.45, 7) is 1.35. The molecule has 1 heterocycles. The zero-order valence-electron chi connectivity index (χ0n) is 9.12. The van der Waals surface area contributed by atoms with E-state index in [9.17, 15) is 18.0 Å². The molecule has 1 N–H and O–H groups in total. The van der Waals surface area contributed by atoms with Crippen molar-refractivity contribution in [2.75, 3.05) is 0 Å². The number of rotatable bonds is 2. The fourth-order valence-corrected chi connectivity index (χ4v) is 1.58. The Hall–Kier alpha value is -2.31. The van der Waals surface area contributed by atoms with Crippen LogP contribution in [0.15, 0.2) is 18.3 Å². The van der Waals surface area contributed by atoms with Crippen molar-refractivity contribution >= 4 is 5.97 Å². The van der Waals surface area contributed by atoms with E-state index in [1.54, 1.807) is 0 Å². The maximum Gasteiger partial charge on any atom is 0.339 e. The molecule has 0 unspecified atom stereocenters. The Morgan fingerprint density at radius 2 is 1.83 bits per heavy atom. The van der Waals surface area contributed by atoms with Gasteiger partial charge in [0.2, 0.25) is 0 Å². The Labute approximate surface area is 99.3 Å². The van der Waals surface area contributed by atoms with Gasteiger partial charge in [-0.3, -0.25) is 0 Å². The lowest BCUT2D eigenvalue weighted by atomic mass is 10.2. The highest BCUT2D eigenvalue weighted by Gasteiger charge is 2.19. The quantitative estimate of drug-likeness (QED) is 0.896. The van der Waals surface area contributed by atoms with Crippen LogP contribution in [0.2, 0.25) is 0 Å². The molecule has 2 rings (SSSR count). The number of carboxylic acid groups (broad SMARTS) is 1. The van der Waals surface area contributed by atoms with Crippen molar-refractivity contribution in [3.05, 3.63) is 47.0 Å². The van der Waals surface area contributed by atoms with Gasteiger partial charge in [0.25, 0.3) is 0 Å². The molecule has 0 bridgehead atoms. The SMILES string of the molecule is Cc1c(C(=O)O)cnn1-c1c(F)cc(F)cc1F. The highest BCUT2D eigenvalue weighted by molar-refractivity contribution is 5.88. The summed E-state index contributed by atoms with van der Waals surface area (Å²) in [4.78, 5) is 10.8. The number of carboxylic acids is 1. The molecular formula is C11H7F3N2O2. The smallest absolute Gasteiger partial charge is 0.339 e. The van der Waals surface area contributed by atoms with Crippen molar-refractivity contribution in [1.29, 1.82) is 0 Å². The largest absolute Gasteiger partial charge is 0.478 e. The summed E-state index contributed by atoms with van der Waals surface area (Å²) in [5, 5.41) is 12.4. The molecule has 0 aliphatic heterocycles. The molecule has 2 aromatic rings. The maximum atomic E-state index is 13.5. The van der Waals surface area contributed by atoms with Gasteiger partial charge in [-0.2, -0.15) is 5.10 Å². The molecule has 0 saturated heterocycles. The van der Waals surface area contributed by atoms with E-state index in [4.69, 9.17) is 5.11 Å². The predicted octanol–water partition coefficient (Wildman–Crippen LogP) is 2.30. The molecule has 94 valence electrons. The number of aromatic nitrogens is 2. The lowest BCUT2D eigenvalue weighted by Crippen LogP contribution is -2.07. The Morgan fingerprint density at radius 3 is 2.28 bits per heavy atom. The fourth-order valence-electron chi connectivity index (χ4n) is 1.58. The number of aromatic carboxylic acids is 1. The lowest BCUT2D eigenvalue weighted by Gasteiger charge is -2.07. The third-order valence-electron chi connectivity index (χ3n) is 2.43. The van der Waals surface area contributed by atoms with Gasteiger partial charge < -0.3 is 5.11 Å². The van der Waals surface area contributed by atoms with Crippen LogP contribution in [0.3, 0.4) is 0 Å². The number of hydrogen-bond acceptors (Lipinski definition) is 2. The summed E-state index contributed by atoms with van der Waals surface area (Å²) in [6.07, 6.45) is 0.972. The van der Waals surface area contributed by atoms with E-state index in [2.05, 4.69) is 5.10 Å². The van der Waals surface area contributed by atoms with Gasteiger partial charge in [-0.1, -0.05) is 0 Å². The molecule has 0 aliphatic rings. The lowest BCUT2D eigenvalue weighted by molar-refractivity contribution is 0.0696. The molecule has 1 aromatic heterocycles. The number of hydrogen-bond donors (Lipinski definition) is 1. The van der Waals surface area contributed by atoms with Crippen LogP contribution < -0.4 is 0 Å². The molecular weight excluding hydrogens is 249 g/mol. The topological polar surface area (TPSA) is 55.1 Å². The van der Waals surface area contributed by atoms with Gasteiger partial charge in [0.05, 0.1) is 11.9 Å². The molecule has 0 saturated carbocycles. The molecule has 7 heteroatoms. The van der Waals surface area contributed by atoms with E-state index in [1.165, 1.54) is 6.92 Å². The van der Waals surface area contributed by atoms with Crippen molar-refractivity contribution < 1.29 is 23.1 Å². The van der Waals surface area contributed by atoms with Crippen LogP contribution in [0.25, 0.3) is 5.69 Å². The molecule has 0 fully saturated rings. The summed E-state index contributed by atoms with van der Waals surface area (Å²) in [5.74, 6) is -4.63. The van der Waals surface area contributed by atoms with Crippen molar-refractivity contribution in [1.82, 2.24) is 9.78 Å². The number of halogens is 3. The first kappa shape index (κ1) is 12.2. The maximum absolute atomic E-state index is 13.5. The Balaban J connectivity index is 2.67. The minimum absolute atomic E-state index is 0.0481. The minimum atomic E-state index is -1.26. The van der Waals surface area contributed by atoms with E-state index in [0.29, 0.717) is 12.1 Å². The van der Waals surface area contributed by atoms with E-state index in [0.717, 1.165) is 10.9 Å². The van der Waals surface area contributed by atoms with E-state index < -0.39 is 29.1 Å². The number of nitrogens with zero attached hydrogens (tertiary/aromatic N) is 2. The summed E-state index contributed by atoms with van der Waals surface area (Å²) < 4.78 is 40.5. The molecule has 0 amide bonds. The van der Waals surface area contributed by atoms with Crippen LogP contribution >= 0.6 is 0 Å². The summed E-state index contributed by atoms with van der Waals surface area (Å²) >= 11 is 0. The Bertz CT molecular complexity index is 614. The van der Waals surface area contributed by atoms with Crippen LogP contribution in [0.1, 0.15) is 16.1 Å². The zero-order chi connectivity index (χ0) is 13.4. The van der Waals surface area contributed by atoms with Crippen LogP contribution in [0.5, 0.6) is 0 Å². The average molecular weight is 256 g/mol. The molecule has 0 radical (unpaired) electrons. The van der Waals surface area contributed by atoms with Crippen LogP contribution in [-0.2, 0) is 0 Å². The van der Waals surface area contributed by atoms with Crippen molar-refractivity contribution in [3.8, 4) is 5.69 Å². The molecule has 4 nitrogen and oxygen atoms in total. The second-order valence-corrected chi connectivity index (χ2v) is 3.58. The summed E-state index contributed by atoms with van der Waals surface area (Å²) in [5.41, 5.74) is -0.744. The van der Waals surface area contributed by atoms with Crippen LogP contribution in [0, 0.1) is 24.4 Å². The number of benzene rings is 1.